The maximum atomic E-state index is 11.3. The molecule has 0 saturated heterocycles. The van der Waals surface area contributed by atoms with Crippen molar-refractivity contribution in [2.75, 3.05) is 0 Å². The van der Waals surface area contributed by atoms with Gasteiger partial charge in [0, 0.05) is 0 Å². The van der Waals surface area contributed by atoms with Crippen LogP contribution in [0.5, 0.6) is 0 Å². The summed E-state index contributed by atoms with van der Waals surface area (Å²) in [4.78, 5) is 11.3. The molecular formula is C18H26O2. The van der Waals surface area contributed by atoms with Crippen LogP contribution in [0.15, 0.2) is 30.3 Å². The standard InChI is InChI=1S/C18H26O2/c1-3-5-6-7-8-9-12-15-13-10-11-14-17(15)16(4-2)18(19)20/h4,10-11,13-14H,3,5-9,12H2,1-2H3,(H,19,20)/b16-4+. The molecule has 0 fully saturated rings. The van der Waals surface area contributed by atoms with Gasteiger partial charge in [0.2, 0.25) is 0 Å². The van der Waals surface area contributed by atoms with E-state index < -0.39 is 5.97 Å². The Bertz CT molecular complexity index is 446. The van der Waals surface area contributed by atoms with E-state index in [4.69, 9.17) is 0 Å². The Kier molecular flexibility index (Phi) is 7.71. The summed E-state index contributed by atoms with van der Waals surface area (Å²) < 4.78 is 0. The van der Waals surface area contributed by atoms with Gasteiger partial charge in [0.1, 0.15) is 0 Å². The highest BCUT2D eigenvalue weighted by molar-refractivity contribution is 6.15. The van der Waals surface area contributed by atoms with Crippen LogP contribution >= 0.6 is 0 Å². The molecule has 110 valence electrons. The zero-order chi connectivity index (χ0) is 14.8. The van der Waals surface area contributed by atoms with Crippen LogP contribution in [0.1, 0.15) is 63.5 Å². The van der Waals surface area contributed by atoms with Gasteiger partial charge in [0.25, 0.3) is 0 Å². The smallest absolute Gasteiger partial charge is 0.335 e. The first-order valence-corrected chi connectivity index (χ1v) is 7.68. The van der Waals surface area contributed by atoms with Crippen LogP contribution in [0.2, 0.25) is 0 Å². The highest BCUT2D eigenvalue weighted by Crippen LogP contribution is 2.21. The third kappa shape index (κ3) is 5.20. The summed E-state index contributed by atoms with van der Waals surface area (Å²) >= 11 is 0. The number of unbranched alkanes of at least 4 members (excludes halogenated alkanes) is 5. The zero-order valence-electron chi connectivity index (χ0n) is 12.7. The first-order chi connectivity index (χ1) is 9.70. The second-order valence-electron chi connectivity index (χ2n) is 5.18. The molecular weight excluding hydrogens is 248 g/mol. The first-order valence-electron chi connectivity index (χ1n) is 7.68. The molecule has 20 heavy (non-hydrogen) atoms. The molecule has 0 bridgehead atoms. The van der Waals surface area contributed by atoms with Crippen molar-refractivity contribution in [1.82, 2.24) is 0 Å². The van der Waals surface area contributed by atoms with E-state index in [-0.39, 0.29) is 0 Å². The summed E-state index contributed by atoms with van der Waals surface area (Å²) in [5.41, 5.74) is 2.43. The third-order valence-electron chi connectivity index (χ3n) is 3.63. The Labute approximate surface area is 122 Å². The first kappa shape index (κ1) is 16.5. The summed E-state index contributed by atoms with van der Waals surface area (Å²) in [5, 5.41) is 9.25. The maximum absolute atomic E-state index is 11.3. The molecule has 0 amide bonds. The molecule has 0 unspecified atom stereocenters. The lowest BCUT2D eigenvalue weighted by molar-refractivity contribution is -0.130. The molecule has 1 aromatic rings. The van der Waals surface area contributed by atoms with Gasteiger partial charge in [-0.15, -0.1) is 0 Å². The van der Waals surface area contributed by atoms with Gasteiger partial charge >= 0.3 is 5.97 Å². The SMILES string of the molecule is C/C=C(/C(=O)O)c1ccccc1CCCCCCCC. The fraction of sp³-hybridized carbons (Fsp3) is 0.500. The fourth-order valence-electron chi connectivity index (χ4n) is 2.49. The summed E-state index contributed by atoms with van der Waals surface area (Å²) in [6, 6.07) is 7.86. The molecule has 1 rings (SSSR count). The molecule has 0 heterocycles. The van der Waals surface area contributed by atoms with Crippen molar-refractivity contribution in [3.8, 4) is 0 Å². The molecule has 0 aromatic heterocycles. The van der Waals surface area contributed by atoms with E-state index >= 15 is 0 Å². The number of rotatable bonds is 9. The summed E-state index contributed by atoms with van der Waals surface area (Å²) in [6.45, 7) is 4.01. The molecule has 0 aliphatic heterocycles. The van der Waals surface area contributed by atoms with E-state index in [2.05, 4.69) is 6.92 Å². The number of carboxylic acids is 1. The Morgan fingerprint density at radius 2 is 1.75 bits per heavy atom. The van der Waals surface area contributed by atoms with Crippen LogP contribution < -0.4 is 0 Å². The summed E-state index contributed by atoms with van der Waals surface area (Å²) in [7, 11) is 0. The summed E-state index contributed by atoms with van der Waals surface area (Å²) in [6.07, 6.45) is 10.2. The lowest BCUT2D eigenvalue weighted by atomic mass is 9.95. The number of aliphatic carboxylic acids is 1. The van der Waals surface area contributed by atoms with Crippen LogP contribution in [0.4, 0.5) is 0 Å². The number of allylic oxidation sites excluding steroid dienone is 1. The maximum Gasteiger partial charge on any atom is 0.335 e. The minimum Gasteiger partial charge on any atom is -0.478 e. The summed E-state index contributed by atoms with van der Waals surface area (Å²) in [5.74, 6) is -0.845. The Balaban J connectivity index is 2.60. The Morgan fingerprint density at radius 1 is 1.10 bits per heavy atom. The monoisotopic (exact) mass is 274 g/mol. The fourth-order valence-corrected chi connectivity index (χ4v) is 2.49. The zero-order valence-corrected chi connectivity index (χ0v) is 12.7. The van der Waals surface area contributed by atoms with Crippen LogP contribution in [0.3, 0.4) is 0 Å². The van der Waals surface area contributed by atoms with E-state index in [1.165, 1.54) is 32.1 Å². The molecule has 2 heteroatoms. The normalized spacial score (nSPS) is 11.6. The highest BCUT2D eigenvalue weighted by Gasteiger charge is 2.12. The van der Waals surface area contributed by atoms with Gasteiger partial charge < -0.3 is 5.11 Å². The van der Waals surface area contributed by atoms with E-state index in [1.807, 2.05) is 24.3 Å². The van der Waals surface area contributed by atoms with Gasteiger partial charge in [-0.25, -0.2) is 4.79 Å². The molecule has 2 nitrogen and oxygen atoms in total. The van der Waals surface area contributed by atoms with Crippen LogP contribution in [-0.4, -0.2) is 11.1 Å². The van der Waals surface area contributed by atoms with Crippen molar-refractivity contribution in [3.05, 3.63) is 41.5 Å². The molecule has 0 saturated carbocycles. The second-order valence-corrected chi connectivity index (χ2v) is 5.18. The highest BCUT2D eigenvalue weighted by atomic mass is 16.4. The molecule has 0 atom stereocenters. The molecule has 0 aliphatic carbocycles. The Morgan fingerprint density at radius 3 is 2.40 bits per heavy atom. The van der Waals surface area contributed by atoms with Crippen LogP contribution in [0, 0.1) is 0 Å². The van der Waals surface area contributed by atoms with Crippen molar-refractivity contribution >= 4 is 11.5 Å². The van der Waals surface area contributed by atoms with Gasteiger partial charge in [0.15, 0.2) is 0 Å². The number of hydrogen-bond acceptors (Lipinski definition) is 1. The molecule has 1 aromatic carbocycles. The topological polar surface area (TPSA) is 37.3 Å². The lowest BCUT2D eigenvalue weighted by Crippen LogP contribution is -2.03. The number of carboxylic acid groups (broad SMARTS) is 1. The van der Waals surface area contributed by atoms with Crippen molar-refractivity contribution in [3.63, 3.8) is 0 Å². The van der Waals surface area contributed by atoms with Gasteiger partial charge in [0.05, 0.1) is 5.57 Å². The van der Waals surface area contributed by atoms with E-state index in [0.29, 0.717) is 5.57 Å². The largest absolute Gasteiger partial charge is 0.478 e. The predicted molar refractivity (Wildman–Crippen MR) is 84.8 cm³/mol. The quantitative estimate of drug-likeness (QED) is 0.504. The second kappa shape index (κ2) is 9.35. The average Bonchev–Trinajstić information content (AvgIpc) is 2.44. The van der Waals surface area contributed by atoms with Gasteiger partial charge in [-0.1, -0.05) is 69.4 Å². The van der Waals surface area contributed by atoms with Crippen LogP contribution in [0.25, 0.3) is 5.57 Å². The minimum absolute atomic E-state index is 0.409. The predicted octanol–water partition coefficient (Wildman–Crippen LogP) is 5.08. The van der Waals surface area contributed by atoms with Crippen molar-refractivity contribution < 1.29 is 9.90 Å². The van der Waals surface area contributed by atoms with Gasteiger partial charge in [-0.3, -0.25) is 0 Å². The van der Waals surface area contributed by atoms with E-state index in [1.54, 1.807) is 13.0 Å². The number of aryl methyl sites for hydroxylation is 1. The molecule has 0 aliphatic rings. The number of hydrogen-bond donors (Lipinski definition) is 1. The number of benzene rings is 1. The average molecular weight is 274 g/mol. The number of carbonyl (C=O) groups is 1. The minimum atomic E-state index is -0.845. The lowest BCUT2D eigenvalue weighted by Gasteiger charge is -2.10. The van der Waals surface area contributed by atoms with E-state index in [9.17, 15) is 9.90 Å². The van der Waals surface area contributed by atoms with Crippen molar-refractivity contribution in [2.24, 2.45) is 0 Å². The third-order valence-corrected chi connectivity index (χ3v) is 3.63. The van der Waals surface area contributed by atoms with Gasteiger partial charge in [-0.05, 0) is 30.9 Å². The van der Waals surface area contributed by atoms with Crippen molar-refractivity contribution in [2.45, 2.75) is 58.8 Å². The van der Waals surface area contributed by atoms with E-state index in [0.717, 1.165) is 24.0 Å². The van der Waals surface area contributed by atoms with Gasteiger partial charge in [-0.2, -0.15) is 0 Å². The molecule has 0 spiro atoms. The molecule has 0 radical (unpaired) electrons. The Hall–Kier alpha value is -1.57. The van der Waals surface area contributed by atoms with Crippen LogP contribution in [-0.2, 0) is 11.2 Å². The molecule has 1 N–H and O–H groups in total. The van der Waals surface area contributed by atoms with Crippen molar-refractivity contribution in [1.29, 1.82) is 0 Å².